The van der Waals surface area contributed by atoms with E-state index in [2.05, 4.69) is 9.79 Å². The zero-order valence-corrected chi connectivity index (χ0v) is 12.4. The highest BCUT2D eigenvalue weighted by Gasteiger charge is 2.67. The molecule has 0 amide bonds. The molecule has 3 heterocycles. The van der Waals surface area contributed by atoms with Crippen molar-refractivity contribution in [3.63, 3.8) is 0 Å². The molecule has 4 rings (SSSR count). The second kappa shape index (κ2) is 4.40. The van der Waals surface area contributed by atoms with Crippen LogP contribution in [0.15, 0.2) is 4.63 Å². The molecule has 1 aromatic heterocycles. The van der Waals surface area contributed by atoms with Gasteiger partial charge in [0.1, 0.15) is 19.5 Å². The summed E-state index contributed by atoms with van der Waals surface area (Å²) in [4.78, 5) is 1.42. The number of aliphatic hydroxyl groups is 1. The van der Waals surface area contributed by atoms with E-state index in [1.165, 1.54) is 0 Å². The third-order valence-electron chi connectivity index (χ3n) is 5.32. The van der Waals surface area contributed by atoms with Crippen LogP contribution in [0.5, 0.6) is 0 Å². The van der Waals surface area contributed by atoms with Crippen LogP contribution in [0.25, 0.3) is 0 Å². The van der Waals surface area contributed by atoms with E-state index in [9.17, 15) is 15.5 Å². The highest BCUT2D eigenvalue weighted by Crippen LogP contribution is 2.41. The van der Waals surface area contributed by atoms with Crippen LogP contribution in [-0.4, -0.2) is 52.7 Å². The fourth-order valence-corrected chi connectivity index (χ4v) is 4.12. The normalized spacial score (nSPS) is 35.5. The Morgan fingerprint density at radius 3 is 2.73 bits per heavy atom. The number of rotatable bonds is 1. The van der Waals surface area contributed by atoms with Gasteiger partial charge >= 0.3 is 0 Å². The Bertz CT molecular complexity index is 653. The van der Waals surface area contributed by atoms with Crippen molar-refractivity contribution in [2.75, 3.05) is 26.3 Å². The summed E-state index contributed by atoms with van der Waals surface area (Å²) in [5, 5.41) is 39.3. The fourth-order valence-electron chi connectivity index (χ4n) is 4.12. The molecule has 1 saturated heterocycles. The molecular formula is C13H19N4O5+. The van der Waals surface area contributed by atoms with Crippen LogP contribution in [0.3, 0.4) is 0 Å². The SMILES string of the molecule is C[C@@]1([NH+]2CCOCC2)C[C@]2(O)C(=[N+]1[O-])CCc1c2no[n+]1[O-]. The molecule has 120 valence electrons. The zero-order valence-electron chi connectivity index (χ0n) is 12.4. The van der Waals surface area contributed by atoms with Gasteiger partial charge in [-0.3, -0.25) is 9.53 Å². The van der Waals surface area contributed by atoms with E-state index >= 15 is 0 Å². The number of morpholine rings is 1. The first-order chi connectivity index (χ1) is 10.5. The van der Waals surface area contributed by atoms with Crippen LogP contribution in [0.2, 0.25) is 0 Å². The van der Waals surface area contributed by atoms with E-state index in [-0.39, 0.29) is 12.1 Å². The standard InChI is InChI=1S/C13H18N4O5/c1-12(15-4-6-21-7-5-15)8-13(18)10(16(12)19)3-2-9-11(13)14-22-17(9)20/h18H,2-8H2,1H3/p+1/t12-,13-/m0/s1. The van der Waals surface area contributed by atoms with Crippen molar-refractivity contribution < 1.29 is 29.0 Å². The Kier molecular flexibility index (Phi) is 2.78. The number of hydroxylamine groups is 1. The molecule has 9 nitrogen and oxygen atoms in total. The second-order valence-corrected chi connectivity index (χ2v) is 6.49. The molecule has 1 fully saturated rings. The largest absolute Gasteiger partial charge is 0.619 e. The van der Waals surface area contributed by atoms with Gasteiger partial charge in [0.2, 0.25) is 17.0 Å². The molecule has 0 aromatic carbocycles. The summed E-state index contributed by atoms with van der Waals surface area (Å²) >= 11 is 0. The number of ether oxygens (including phenoxy) is 1. The van der Waals surface area contributed by atoms with Crippen molar-refractivity contribution in [3.05, 3.63) is 21.8 Å². The molecule has 9 heteroatoms. The quantitative estimate of drug-likeness (QED) is 0.435. The summed E-state index contributed by atoms with van der Waals surface area (Å²) in [7, 11) is 0. The van der Waals surface area contributed by atoms with Crippen molar-refractivity contribution >= 4 is 5.71 Å². The minimum absolute atomic E-state index is 0.195. The number of nitrogens with one attached hydrogen (secondary N) is 1. The van der Waals surface area contributed by atoms with Gasteiger partial charge in [-0.25, -0.2) is 0 Å². The Hall–Kier alpha value is -1.71. The van der Waals surface area contributed by atoms with Crippen LogP contribution in [0.1, 0.15) is 31.2 Å². The van der Waals surface area contributed by atoms with Gasteiger partial charge in [-0.05, 0) is 4.90 Å². The van der Waals surface area contributed by atoms with E-state index in [4.69, 9.17) is 4.74 Å². The average molecular weight is 311 g/mol. The van der Waals surface area contributed by atoms with Crippen molar-refractivity contribution in [2.24, 2.45) is 0 Å². The van der Waals surface area contributed by atoms with E-state index in [1.807, 2.05) is 6.92 Å². The lowest BCUT2D eigenvalue weighted by molar-refractivity contribution is -1.04. The summed E-state index contributed by atoms with van der Waals surface area (Å²) in [6.45, 7) is 4.48. The van der Waals surface area contributed by atoms with Crippen molar-refractivity contribution in [1.29, 1.82) is 0 Å². The van der Waals surface area contributed by atoms with Gasteiger partial charge in [-0.1, -0.05) is 0 Å². The molecule has 2 N–H and O–H groups in total. The molecule has 1 aromatic rings. The van der Waals surface area contributed by atoms with Gasteiger partial charge in [0.15, 0.2) is 0 Å². The Morgan fingerprint density at radius 1 is 1.27 bits per heavy atom. The van der Waals surface area contributed by atoms with E-state index in [0.29, 0.717) is 55.5 Å². The molecular weight excluding hydrogens is 292 g/mol. The lowest BCUT2D eigenvalue weighted by Gasteiger charge is -2.35. The monoisotopic (exact) mass is 311 g/mol. The predicted octanol–water partition coefficient (Wildman–Crippen LogP) is -2.57. The predicted molar refractivity (Wildman–Crippen MR) is 70.9 cm³/mol. The number of fused-ring (bicyclic) bond motifs is 3. The van der Waals surface area contributed by atoms with Crippen LogP contribution in [-0.2, 0) is 16.8 Å². The number of hydrogen-bond donors (Lipinski definition) is 2. The van der Waals surface area contributed by atoms with E-state index in [0.717, 1.165) is 9.64 Å². The number of nitrogens with zero attached hydrogens (tertiary/aromatic N) is 3. The molecule has 3 aliphatic rings. The molecule has 22 heavy (non-hydrogen) atoms. The van der Waals surface area contributed by atoms with Gasteiger partial charge < -0.3 is 20.3 Å². The van der Waals surface area contributed by atoms with E-state index in [1.54, 1.807) is 0 Å². The maximum absolute atomic E-state index is 12.9. The van der Waals surface area contributed by atoms with Gasteiger partial charge in [0.05, 0.1) is 20.1 Å². The summed E-state index contributed by atoms with van der Waals surface area (Å²) in [6.07, 6.45) is 0.900. The molecule has 0 bridgehead atoms. The smallest absolute Gasteiger partial charge is 0.298 e. The summed E-state index contributed by atoms with van der Waals surface area (Å²) in [6, 6.07) is 0. The Labute approximate surface area is 126 Å². The summed E-state index contributed by atoms with van der Waals surface area (Å²) in [5.41, 5.74) is -1.39. The Morgan fingerprint density at radius 2 is 2.00 bits per heavy atom. The summed E-state index contributed by atoms with van der Waals surface area (Å²) < 4.78 is 10.9. The van der Waals surface area contributed by atoms with Crippen molar-refractivity contribution in [3.8, 4) is 0 Å². The second-order valence-electron chi connectivity index (χ2n) is 6.49. The minimum Gasteiger partial charge on any atom is -0.619 e. The van der Waals surface area contributed by atoms with Gasteiger partial charge in [0.25, 0.3) is 11.4 Å². The molecule has 0 unspecified atom stereocenters. The lowest BCUT2D eigenvalue weighted by atomic mass is 9.81. The van der Waals surface area contributed by atoms with Crippen LogP contribution < -0.4 is 9.80 Å². The van der Waals surface area contributed by atoms with E-state index < -0.39 is 11.3 Å². The topological polar surface area (TPSA) is 113 Å². The molecule has 0 radical (unpaired) electrons. The highest BCUT2D eigenvalue weighted by molar-refractivity contribution is 5.92. The number of hydrogen-bond acceptors (Lipinski definition) is 6. The van der Waals surface area contributed by atoms with Crippen LogP contribution >= 0.6 is 0 Å². The minimum atomic E-state index is -1.51. The third kappa shape index (κ3) is 1.61. The maximum atomic E-state index is 12.9. The van der Waals surface area contributed by atoms with Crippen molar-refractivity contribution in [1.82, 2.24) is 5.16 Å². The maximum Gasteiger partial charge on any atom is 0.298 e. The average Bonchev–Trinajstić information content (AvgIpc) is 2.99. The molecule has 1 aliphatic carbocycles. The zero-order chi connectivity index (χ0) is 15.5. The van der Waals surface area contributed by atoms with Gasteiger partial charge in [-0.2, -0.15) is 4.74 Å². The van der Waals surface area contributed by atoms with Crippen LogP contribution in [0, 0.1) is 10.4 Å². The first-order valence-corrected chi connectivity index (χ1v) is 7.55. The fraction of sp³-hybridized carbons (Fsp3) is 0.769. The molecule has 0 saturated carbocycles. The molecule has 0 spiro atoms. The molecule has 2 aliphatic heterocycles. The lowest BCUT2D eigenvalue weighted by Crippen LogP contribution is -3.22. The highest BCUT2D eigenvalue weighted by atomic mass is 16.8. The number of quaternary nitrogens is 1. The van der Waals surface area contributed by atoms with Gasteiger partial charge in [-0.15, -0.1) is 0 Å². The Balaban J connectivity index is 1.78. The van der Waals surface area contributed by atoms with Crippen molar-refractivity contribution in [2.45, 2.75) is 37.5 Å². The summed E-state index contributed by atoms with van der Waals surface area (Å²) in [5.74, 6) is 0. The third-order valence-corrected chi connectivity index (χ3v) is 5.32. The first-order valence-electron chi connectivity index (χ1n) is 7.55. The first kappa shape index (κ1) is 13.9. The molecule has 2 atom stereocenters. The van der Waals surface area contributed by atoms with Gasteiger partial charge in [0, 0.05) is 18.0 Å². The number of aromatic nitrogens is 2. The van der Waals surface area contributed by atoms with Crippen LogP contribution in [0.4, 0.5) is 0 Å².